The number of pyridine rings is 1. The summed E-state index contributed by atoms with van der Waals surface area (Å²) in [5, 5.41) is 1.08. The third-order valence-electron chi connectivity index (χ3n) is 4.46. The molecule has 1 heterocycles. The first-order valence-corrected chi connectivity index (χ1v) is 9.53. The molecule has 24 heavy (non-hydrogen) atoms. The summed E-state index contributed by atoms with van der Waals surface area (Å²) in [6.45, 7) is 5.80. The molecule has 3 nitrogen and oxygen atoms in total. The number of unbranched alkanes of at least 4 members (excludes halogenated alkanes) is 6. The quantitative estimate of drug-likeness (QED) is 0.507. The van der Waals surface area contributed by atoms with E-state index in [2.05, 4.69) is 19.9 Å². The van der Waals surface area contributed by atoms with Gasteiger partial charge in [0.25, 0.3) is 5.56 Å². The maximum absolute atomic E-state index is 12.8. The lowest BCUT2D eigenvalue weighted by Crippen LogP contribution is -2.23. The average Bonchev–Trinajstić information content (AvgIpc) is 2.60. The molecule has 0 bridgehead atoms. The molecule has 0 aliphatic rings. The largest absolute Gasteiger partial charge is 0.488 e. The van der Waals surface area contributed by atoms with Crippen molar-refractivity contribution in [2.45, 2.75) is 71.8 Å². The topological polar surface area (TPSA) is 31.2 Å². The third kappa shape index (κ3) is 5.12. The molecule has 0 fully saturated rings. The summed E-state index contributed by atoms with van der Waals surface area (Å²) in [5.74, 6) is 0.501. The van der Waals surface area contributed by atoms with Crippen molar-refractivity contribution in [1.82, 2.24) is 4.57 Å². The van der Waals surface area contributed by atoms with Gasteiger partial charge in [0, 0.05) is 11.9 Å². The summed E-state index contributed by atoms with van der Waals surface area (Å²) in [5.41, 5.74) is 1.03. The van der Waals surface area contributed by atoms with Gasteiger partial charge in [0.1, 0.15) is 0 Å². The van der Waals surface area contributed by atoms with E-state index in [9.17, 15) is 4.79 Å². The smallest absolute Gasteiger partial charge is 0.293 e. The van der Waals surface area contributed by atoms with E-state index in [-0.39, 0.29) is 5.56 Å². The van der Waals surface area contributed by atoms with Gasteiger partial charge < -0.3 is 9.30 Å². The Morgan fingerprint density at radius 1 is 0.917 bits per heavy atom. The molecule has 3 heteroatoms. The van der Waals surface area contributed by atoms with Crippen LogP contribution in [0.25, 0.3) is 10.9 Å². The fraction of sp³-hybridized carbons (Fsp3) is 0.571. The molecule has 0 unspecified atom stereocenters. The van der Waals surface area contributed by atoms with Crippen LogP contribution < -0.4 is 10.3 Å². The van der Waals surface area contributed by atoms with Gasteiger partial charge in [0.05, 0.1) is 12.1 Å². The van der Waals surface area contributed by atoms with Crippen molar-refractivity contribution in [3.05, 3.63) is 40.7 Å². The first-order chi connectivity index (χ1) is 11.8. The summed E-state index contributed by atoms with van der Waals surface area (Å²) in [7, 11) is 0. The van der Waals surface area contributed by atoms with Crippen molar-refractivity contribution >= 4 is 10.9 Å². The van der Waals surface area contributed by atoms with Crippen LogP contribution in [-0.2, 0) is 6.54 Å². The van der Waals surface area contributed by atoms with Gasteiger partial charge in [-0.05, 0) is 25.0 Å². The molecule has 0 aliphatic heterocycles. The van der Waals surface area contributed by atoms with Crippen molar-refractivity contribution in [2.24, 2.45) is 0 Å². The molecular formula is C21H31NO2. The van der Waals surface area contributed by atoms with Crippen LogP contribution in [-0.4, -0.2) is 11.2 Å². The van der Waals surface area contributed by atoms with Crippen LogP contribution in [0.2, 0.25) is 0 Å². The van der Waals surface area contributed by atoms with Gasteiger partial charge in [0.2, 0.25) is 0 Å². The molecule has 0 saturated heterocycles. The number of aryl methyl sites for hydroxylation is 1. The maximum Gasteiger partial charge on any atom is 0.293 e. The molecule has 1 aromatic carbocycles. The van der Waals surface area contributed by atoms with Crippen LogP contribution >= 0.6 is 0 Å². The Kier molecular flexibility index (Phi) is 7.87. The molecule has 0 amide bonds. The molecule has 1 aromatic heterocycles. The number of fused-ring (bicyclic) bond motifs is 1. The SMILES string of the molecule is CCCCCCOc1cc2ccccc2n(CCCCCC)c1=O. The van der Waals surface area contributed by atoms with E-state index in [0.29, 0.717) is 12.4 Å². The van der Waals surface area contributed by atoms with Crippen molar-refractivity contribution < 1.29 is 4.74 Å². The van der Waals surface area contributed by atoms with E-state index in [4.69, 9.17) is 4.74 Å². The highest BCUT2D eigenvalue weighted by Gasteiger charge is 2.10. The van der Waals surface area contributed by atoms with E-state index in [1.807, 2.05) is 28.8 Å². The zero-order valence-electron chi connectivity index (χ0n) is 15.2. The molecule has 0 saturated carbocycles. The summed E-state index contributed by atoms with van der Waals surface area (Å²) in [6, 6.07) is 10.00. The van der Waals surface area contributed by atoms with E-state index in [0.717, 1.165) is 36.7 Å². The highest BCUT2D eigenvalue weighted by Crippen LogP contribution is 2.18. The number of hydrogen-bond donors (Lipinski definition) is 0. The molecule has 0 radical (unpaired) electrons. The molecule has 2 aromatic rings. The fourth-order valence-electron chi connectivity index (χ4n) is 3.03. The van der Waals surface area contributed by atoms with Crippen LogP contribution in [0.5, 0.6) is 5.75 Å². The first kappa shape index (κ1) is 18.6. The number of nitrogens with zero attached hydrogens (tertiary/aromatic N) is 1. The van der Waals surface area contributed by atoms with E-state index >= 15 is 0 Å². The molecule has 0 N–H and O–H groups in total. The van der Waals surface area contributed by atoms with Gasteiger partial charge in [-0.15, -0.1) is 0 Å². The summed E-state index contributed by atoms with van der Waals surface area (Å²) in [6.07, 6.45) is 9.24. The van der Waals surface area contributed by atoms with Gasteiger partial charge in [-0.1, -0.05) is 70.6 Å². The van der Waals surface area contributed by atoms with Gasteiger partial charge in [-0.3, -0.25) is 4.79 Å². The minimum atomic E-state index is 0.0145. The second-order valence-electron chi connectivity index (χ2n) is 6.49. The van der Waals surface area contributed by atoms with Crippen LogP contribution in [0, 0.1) is 0 Å². The molecule has 0 spiro atoms. The third-order valence-corrected chi connectivity index (χ3v) is 4.46. The normalized spacial score (nSPS) is 11.1. The Labute approximate surface area is 145 Å². The van der Waals surface area contributed by atoms with Crippen LogP contribution in [0.15, 0.2) is 35.1 Å². The van der Waals surface area contributed by atoms with Crippen molar-refractivity contribution in [3.63, 3.8) is 0 Å². The number of hydrogen-bond acceptors (Lipinski definition) is 2. The highest BCUT2D eigenvalue weighted by atomic mass is 16.5. The molecule has 132 valence electrons. The zero-order valence-corrected chi connectivity index (χ0v) is 15.2. The number of aromatic nitrogens is 1. The Morgan fingerprint density at radius 2 is 1.62 bits per heavy atom. The lowest BCUT2D eigenvalue weighted by atomic mass is 10.1. The minimum Gasteiger partial charge on any atom is -0.488 e. The molecule has 2 rings (SSSR count). The van der Waals surface area contributed by atoms with E-state index in [1.165, 1.54) is 32.1 Å². The van der Waals surface area contributed by atoms with Gasteiger partial charge in [0.15, 0.2) is 5.75 Å². The Hall–Kier alpha value is -1.77. The Morgan fingerprint density at radius 3 is 2.38 bits per heavy atom. The van der Waals surface area contributed by atoms with Crippen molar-refractivity contribution in [3.8, 4) is 5.75 Å². The fourth-order valence-corrected chi connectivity index (χ4v) is 3.03. The lowest BCUT2D eigenvalue weighted by Gasteiger charge is -2.13. The minimum absolute atomic E-state index is 0.0145. The summed E-state index contributed by atoms with van der Waals surface area (Å²) >= 11 is 0. The van der Waals surface area contributed by atoms with Crippen LogP contribution in [0.4, 0.5) is 0 Å². The number of benzene rings is 1. The lowest BCUT2D eigenvalue weighted by molar-refractivity contribution is 0.299. The van der Waals surface area contributed by atoms with Gasteiger partial charge in [-0.2, -0.15) is 0 Å². The Balaban J connectivity index is 2.15. The van der Waals surface area contributed by atoms with Gasteiger partial charge >= 0.3 is 0 Å². The number of rotatable bonds is 11. The monoisotopic (exact) mass is 329 g/mol. The number of ether oxygens (including phenoxy) is 1. The van der Waals surface area contributed by atoms with E-state index in [1.54, 1.807) is 0 Å². The van der Waals surface area contributed by atoms with Crippen LogP contribution in [0.3, 0.4) is 0 Å². The van der Waals surface area contributed by atoms with Crippen LogP contribution in [0.1, 0.15) is 65.2 Å². The van der Waals surface area contributed by atoms with Crippen molar-refractivity contribution in [1.29, 1.82) is 0 Å². The van der Waals surface area contributed by atoms with Gasteiger partial charge in [-0.25, -0.2) is 0 Å². The second kappa shape index (κ2) is 10.2. The summed E-state index contributed by atoms with van der Waals surface area (Å²) in [4.78, 5) is 12.8. The molecular weight excluding hydrogens is 298 g/mol. The van der Waals surface area contributed by atoms with E-state index < -0.39 is 0 Å². The highest BCUT2D eigenvalue weighted by molar-refractivity contribution is 5.80. The summed E-state index contributed by atoms with van der Waals surface area (Å²) < 4.78 is 7.72. The Bertz CT molecular complexity index is 675. The van der Waals surface area contributed by atoms with Crippen molar-refractivity contribution in [2.75, 3.05) is 6.61 Å². The number of para-hydroxylation sites is 1. The predicted molar refractivity (Wildman–Crippen MR) is 102 cm³/mol. The molecule has 0 aliphatic carbocycles. The zero-order chi connectivity index (χ0) is 17.2. The second-order valence-corrected chi connectivity index (χ2v) is 6.49. The molecule has 0 atom stereocenters. The average molecular weight is 329 g/mol. The standard InChI is InChI=1S/C21H31NO2/c1-3-5-7-11-15-22-19-14-10-9-13-18(19)17-20(21(22)23)24-16-12-8-6-4-2/h9-10,13-14,17H,3-8,11-12,15-16H2,1-2H3. The maximum atomic E-state index is 12.8. The first-order valence-electron chi connectivity index (χ1n) is 9.53. The predicted octanol–water partition coefficient (Wildman–Crippen LogP) is 5.54.